The number of carbonyl (C=O) groups is 4. The Bertz CT molecular complexity index is 1270. The molecule has 2 saturated heterocycles. The summed E-state index contributed by atoms with van der Waals surface area (Å²) in [6.45, 7) is 5.41. The summed E-state index contributed by atoms with van der Waals surface area (Å²) >= 11 is 0. The molecule has 0 radical (unpaired) electrons. The third-order valence-corrected chi connectivity index (χ3v) is 7.62. The van der Waals surface area contributed by atoms with Crippen molar-refractivity contribution in [3.63, 3.8) is 0 Å². The number of nitrogens with zero attached hydrogens (tertiary/aromatic N) is 1. The first-order valence-electron chi connectivity index (χ1n) is 14.3. The number of hydrogen-bond donors (Lipinski definition) is 5. The number of ether oxygens (including phenoxy) is 2. The maximum atomic E-state index is 13.4. The van der Waals surface area contributed by atoms with E-state index in [0.717, 1.165) is 68.8 Å². The molecule has 12 nitrogen and oxygen atoms in total. The molecule has 44 heavy (non-hydrogen) atoms. The highest BCUT2D eigenvalue weighted by Gasteiger charge is 2.41. The van der Waals surface area contributed by atoms with Gasteiger partial charge in [-0.2, -0.15) is 0 Å². The van der Waals surface area contributed by atoms with Crippen LogP contribution in [0.1, 0.15) is 56.6 Å². The average Bonchev–Trinajstić information content (AvgIpc) is 3.47. The summed E-state index contributed by atoms with van der Waals surface area (Å²) in [5.41, 5.74) is -1.07. The van der Waals surface area contributed by atoms with Crippen molar-refractivity contribution in [3.05, 3.63) is 65.5 Å². The molecule has 2 aromatic rings. The van der Waals surface area contributed by atoms with Crippen LogP contribution in [-0.4, -0.2) is 87.1 Å². The Balaban J connectivity index is 0.000000345. The standard InChI is InChI=1S/C25H31FN2O3.C6H8O7/c1-19(29)27-25(21-8-10-22(26)11-9-21)12-14-28(15-13-25)17-20-5-2-3-7-24(20)31-18-23-6-4-16-30-23;7-3(8)1-6(13,5(11)12)2-4(9)10/h2-3,5,7-11,23H,4,6,12-18H2,1H3,(H,27,29);13H,1-2H2,(H,7,8)(H,9,10)(H,11,12). The van der Waals surface area contributed by atoms with E-state index in [1.165, 1.54) is 12.1 Å². The van der Waals surface area contributed by atoms with Gasteiger partial charge in [-0.05, 0) is 49.4 Å². The Morgan fingerprint density at radius 1 is 1.02 bits per heavy atom. The summed E-state index contributed by atoms with van der Waals surface area (Å²) in [7, 11) is 0. The summed E-state index contributed by atoms with van der Waals surface area (Å²) in [6.07, 6.45) is 1.62. The number of carbonyl (C=O) groups excluding carboxylic acids is 1. The Morgan fingerprint density at radius 2 is 1.64 bits per heavy atom. The van der Waals surface area contributed by atoms with Crippen LogP contribution in [0.2, 0.25) is 0 Å². The van der Waals surface area contributed by atoms with Crippen LogP contribution in [-0.2, 0) is 36.0 Å². The molecule has 2 aromatic carbocycles. The van der Waals surface area contributed by atoms with Gasteiger partial charge in [-0.15, -0.1) is 0 Å². The topological polar surface area (TPSA) is 183 Å². The number of aliphatic hydroxyl groups is 1. The molecule has 0 aliphatic carbocycles. The normalized spacial score (nSPS) is 18.0. The number of nitrogens with one attached hydrogen (secondary N) is 1. The molecular formula is C31H39FN2O10. The molecule has 2 aliphatic rings. The molecule has 0 bridgehead atoms. The first-order chi connectivity index (χ1) is 20.8. The predicted octanol–water partition coefficient (Wildman–Crippen LogP) is 2.76. The summed E-state index contributed by atoms with van der Waals surface area (Å²) in [5.74, 6) is -4.44. The zero-order chi connectivity index (χ0) is 32.3. The van der Waals surface area contributed by atoms with Gasteiger partial charge in [-0.25, -0.2) is 9.18 Å². The van der Waals surface area contributed by atoms with Gasteiger partial charge in [-0.3, -0.25) is 19.3 Å². The number of hydrogen-bond acceptors (Lipinski definition) is 8. The van der Waals surface area contributed by atoms with E-state index < -0.39 is 41.9 Å². The minimum absolute atomic E-state index is 0.0642. The highest BCUT2D eigenvalue weighted by Crippen LogP contribution is 2.34. The molecule has 1 amide bonds. The van der Waals surface area contributed by atoms with E-state index >= 15 is 0 Å². The highest BCUT2D eigenvalue weighted by molar-refractivity contribution is 5.88. The molecule has 4 rings (SSSR count). The van der Waals surface area contributed by atoms with Crippen LogP contribution in [0.15, 0.2) is 48.5 Å². The van der Waals surface area contributed by atoms with Crippen molar-refractivity contribution < 1.29 is 53.5 Å². The zero-order valence-electron chi connectivity index (χ0n) is 24.5. The van der Waals surface area contributed by atoms with E-state index in [4.69, 9.17) is 29.9 Å². The van der Waals surface area contributed by atoms with Gasteiger partial charge in [0, 0.05) is 38.7 Å². The Morgan fingerprint density at radius 3 is 2.16 bits per heavy atom. The summed E-state index contributed by atoms with van der Waals surface area (Å²) in [4.78, 5) is 44.8. The lowest BCUT2D eigenvalue weighted by molar-refractivity contribution is -0.170. The molecule has 2 fully saturated rings. The summed E-state index contributed by atoms with van der Waals surface area (Å²) in [6, 6.07) is 14.7. The average molecular weight is 619 g/mol. The van der Waals surface area contributed by atoms with E-state index in [-0.39, 0.29) is 17.8 Å². The predicted molar refractivity (Wildman–Crippen MR) is 154 cm³/mol. The smallest absolute Gasteiger partial charge is 0.336 e. The van der Waals surface area contributed by atoms with Crippen molar-refractivity contribution in [3.8, 4) is 5.75 Å². The van der Waals surface area contributed by atoms with E-state index in [2.05, 4.69) is 16.3 Å². The maximum absolute atomic E-state index is 13.4. The molecule has 0 saturated carbocycles. The molecule has 5 N–H and O–H groups in total. The number of likely N-dealkylation sites (tertiary alicyclic amines) is 1. The van der Waals surface area contributed by atoms with Gasteiger partial charge in [0.1, 0.15) is 18.2 Å². The van der Waals surface area contributed by atoms with Crippen molar-refractivity contribution in [2.45, 2.75) is 69.2 Å². The second-order valence-corrected chi connectivity index (χ2v) is 11.1. The SMILES string of the molecule is CC(=O)NC1(c2ccc(F)cc2)CCN(Cc2ccccc2OCC2CCCO2)CC1.O=C(O)CC(O)(CC(=O)O)C(=O)O. The van der Waals surface area contributed by atoms with Gasteiger partial charge in [0.2, 0.25) is 5.91 Å². The van der Waals surface area contributed by atoms with E-state index in [0.29, 0.717) is 6.61 Å². The number of rotatable bonds is 12. The van der Waals surface area contributed by atoms with E-state index in [1.54, 1.807) is 19.1 Å². The van der Waals surface area contributed by atoms with E-state index in [9.17, 15) is 23.6 Å². The van der Waals surface area contributed by atoms with Gasteiger partial charge in [0.15, 0.2) is 5.60 Å². The molecule has 2 heterocycles. The number of amides is 1. The monoisotopic (exact) mass is 618 g/mol. The third kappa shape index (κ3) is 10.00. The minimum atomic E-state index is -2.74. The second-order valence-electron chi connectivity index (χ2n) is 11.1. The second kappa shape index (κ2) is 15.6. The molecule has 1 unspecified atom stereocenters. The van der Waals surface area contributed by atoms with Crippen LogP contribution >= 0.6 is 0 Å². The minimum Gasteiger partial charge on any atom is -0.491 e. The fourth-order valence-electron chi connectivity index (χ4n) is 5.37. The van der Waals surface area contributed by atoms with Crippen LogP contribution in [0.25, 0.3) is 0 Å². The number of benzene rings is 2. The molecule has 2 aliphatic heterocycles. The largest absolute Gasteiger partial charge is 0.491 e. The molecule has 0 aromatic heterocycles. The van der Waals surface area contributed by atoms with Crippen LogP contribution in [0.5, 0.6) is 5.75 Å². The molecule has 13 heteroatoms. The number of carboxylic acids is 3. The Hall–Kier alpha value is -4.07. The first kappa shape index (κ1) is 34.4. The van der Waals surface area contributed by atoms with Crippen molar-refractivity contribution in [1.82, 2.24) is 10.2 Å². The fraction of sp³-hybridized carbons (Fsp3) is 0.484. The van der Waals surface area contributed by atoms with Gasteiger partial charge in [0.25, 0.3) is 0 Å². The van der Waals surface area contributed by atoms with Gasteiger partial charge in [0.05, 0.1) is 24.5 Å². The number of para-hydroxylation sites is 1. The van der Waals surface area contributed by atoms with Gasteiger partial charge < -0.3 is 35.2 Å². The fourth-order valence-corrected chi connectivity index (χ4v) is 5.37. The van der Waals surface area contributed by atoms with Gasteiger partial charge in [-0.1, -0.05) is 30.3 Å². The van der Waals surface area contributed by atoms with Crippen molar-refractivity contribution >= 4 is 23.8 Å². The molecular weight excluding hydrogens is 579 g/mol. The van der Waals surface area contributed by atoms with Crippen LogP contribution in [0.4, 0.5) is 4.39 Å². The lowest BCUT2D eigenvalue weighted by Gasteiger charge is -2.42. The molecule has 1 atom stereocenters. The van der Waals surface area contributed by atoms with E-state index in [1.807, 2.05) is 18.2 Å². The lowest BCUT2D eigenvalue weighted by Crippen LogP contribution is -2.52. The quantitative estimate of drug-likeness (QED) is 0.236. The summed E-state index contributed by atoms with van der Waals surface area (Å²) in [5, 5.41) is 37.0. The van der Waals surface area contributed by atoms with Crippen molar-refractivity contribution in [2.75, 3.05) is 26.3 Å². The van der Waals surface area contributed by atoms with Crippen molar-refractivity contribution in [1.29, 1.82) is 0 Å². The molecule has 0 spiro atoms. The third-order valence-electron chi connectivity index (χ3n) is 7.62. The maximum Gasteiger partial charge on any atom is 0.336 e. The van der Waals surface area contributed by atoms with Crippen LogP contribution in [0, 0.1) is 5.82 Å². The lowest BCUT2D eigenvalue weighted by atomic mass is 9.80. The highest BCUT2D eigenvalue weighted by atomic mass is 19.1. The Kier molecular flexibility index (Phi) is 12.2. The summed E-state index contributed by atoms with van der Waals surface area (Å²) < 4.78 is 25.2. The van der Waals surface area contributed by atoms with Crippen LogP contribution < -0.4 is 10.1 Å². The number of piperidine rings is 1. The molecule has 240 valence electrons. The number of carboxylic acid groups (broad SMARTS) is 3. The Labute approximate surface area is 254 Å². The van der Waals surface area contributed by atoms with Crippen LogP contribution in [0.3, 0.4) is 0 Å². The number of aliphatic carboxylic acids is 3. The van der Waals surface area contributed by atoms with Gasteiger partial charge >= 0.3 is 17.9 Å². The first-order valence-corrected chi connectivity index (χ1v) is 14.3. The number of halogens is 1. The zero-order valence-corrected chi connectivity index (χ0v) is 24.5. The van der Waals surface area contributed by atoms with Crippen molar-refractivity contribution in [2.24, 2.45) is 0 Å².